The number of piperidine rings is 1. The van der Waals surface area contributed by atoms with Crippen LogP contribution in [0.4, 0.5) is 4.79 Å². The third-order valence-electron chi connectivity index (χ3n) is 9.83. The second kappa shape index (κ2) is 15.7. The number of alkyl carbamates (subject to hydrolysis) is 1. The lowest BCUT2D eigenvalue weighted by Gasteiger charge is -2.40. The molecule has 0 radical (unpaired) electrons. The molecule has 48 heavy (non-hydrogen) atoms. The van der Waals surface area contributed by atoms with Gasteiger partial charge < -0.3 is 35.1 Å². The van der Waals surface area contributed by atoms with Crippen molar-refractivity contribution in [2.24, 2.45) is 22.7 Å². The summed E-state index contributed by atoms with van der Waals surface area (Å²) in [5.74, 6) is -3.14. The van der Waals surface area contributed by atoms with Crippen LogP contribution in [-0.4, -0.2) is 90.7 Å². The van der Waals surface area contributed by atoms with Gasteiger partial charge in [-0.2, -0.15) is 0 Å². The lowest BCUT2D eigenvalue weighted by molar-refractivity contribution is -0.157. The number of allylic oxidation sites excluding steroid dienone is 2. The molecule has 2 aliphatic heterocycles. The monoisotopic (exact) mass is 676 g/mol. The van der Waals surface area contributed by atoms with E-state index in [0.29, 0.717) is 19.4 Å². The quantitative estimate of drug-likeness (QED) is 0.217. The molecule has 4 amide bonds. The maximum Gasteiger partial charge on any atom is 0.408 e. The highest BCUT2D eigenvalue weighted by atomic mass is 16.6. The van der Waals surface area contributed by atoms with E-state index in [4.69, 9.17) is 9.47 Å². The third kappa shape index (κ3) is 9.95. The van der Waals surface area contributed by atoms with Crippen LogP contribution in [0.2, 0.25) is 0 Å². The number of hydrogen-bond donors (Lipinski definition) is 3. The van der Waals surface area contributed by atoms with Gasteiger partial charge >= 0.3 is 18.0 Å². The number of hydrogen-bond acceptors (Lipinski definition) is 9. The second-order valence-corrected chi connectivity index (χ2v) is 15.5. The summed E-state index contributed by atoms with van der Waals surface area (Å²) in [5.41, 5.74) is -1.66. The highest BCUT2D eigenvalue weighted by molar-refractivity contribution is 5.94. The largest absolute Gasteiger partial charge is 0.468 e. The van der Waals surface area contributed by atoms with Gasteiger partial charge in [0.25, 0.3) is 5.91 Å². The van der Waals surface area contributed by atoms with Crippen molar-refractivity contribution in [3.05, 3.63) is 12.2 Å². The predicted molar refractivity (Wildman–Crippen MR) is 177 cm³/mol. The summed E-state index contributed by atoms with van der Waals surface area (Å²) in [6.45, 7) is 14.3. The van der Waals surface area contributed by atoms with Crippen molar-refractivity contribution in [1.29, 1.82) is 0 Å². The molecule has 13 heteroatoms. The minimum atomic E-state index is -1.44. The smallest absolute Gasteiger partial charge is 0.408 e. The molecule has 1 saturated carbocycles. The Labute approximate surface area is 284 Å². The number of nitrogens with one attached hydrogen (secondary N) is 3. The molecule has 3 aliphatic rings. The predicted octanol–water partition coefficient (Wildman–Crippen LogP) is 3.40. The normalized spacial score (nSPS) is 28.7. The van der Waals surface area contributed by atoms with E-state index in [1.165, 1.54) is 7.11 Å². The van der Waals surface area contributed by atoms with Gasteiger partial charge in [0.05, 0.1) is 13.2 Å². The Morgan fingerprint density at radius 3 is 2.33 bits per heavy atom. The summed E-state index contributed by atoms with van der Waals surface area (Å²) in [4.78, 5) is 80.7. The molecule has 270 valence electrons. The van der Waals surface area contributed by atoms with E-state index in [2.05, 4.69) is 34.5 Å². The number of esters is 2. The third-order valence-corrected chi connectivity index (χ3v) is 9.83. The van der Waals surface area contributed by atoms with E-state index >= 15 is 0 Å². The average molecular weight is 677 g/mol. The molecule has 6 atom stereocenters. The molecule has 0 aromatic rings. The molecule has 4 unspecified atom stereocenters. The number of nitrogens with zero attached hydrogens (tertiary/aromatic N) is 1. The van der Waals surface area contributed by atoms with Gasteiger partial charge in [-0.15, -0.1) is 0 Å². The Morgan fingerprint density at radius 1 is 1.04 bits per heavy atom. The van der Waals surface area contributed by atoms with E-state index < -0.39 is 71.6 Å². The molecule has 3 rings (SSSR count). The first kappa shape index (κ1) is 38.8. The zero-order valence-electron chi connectivity index (χ0n) is 30.1. The maximum atomic E-state index is 14.5. The van der Waals surface area contributed by atoms with Crippen molar-refractivity contribution < 1.29 is 43.0 Å². The topological polar surface area (TPSA) is 169 Å². The fourth-order valence-electron chi connectivity index (χ4n) is 7.07. The van der Waals surface area contributed by atoms with E-state index in [1.54, 1.807) is 25.7 Å². The van der Waals surface area contributed by atoms with Crippen molar-refractivity contribution in [2.45, 2.75) is 130 Å². The maximum absolute atomic E-state index is 14.5. The lowest BCUT2D eigenvalue weighted by Crippen LogP contribution is -2.61. The molecule has 1 aliphatic carbocycles. The highest BCUT2D eigenvalue weighted by Crippen LogP contribution is 2.65. The van der Waals surface area contributed by atoms with Crippen LogP contribution in [0.15, 0.2) is 12.2 Å². The first-order chi connectivity index (χ1) is 22.3. The SMILES string of the molecule is COC(=O)CNC(=O)C(OC(C)=O)C1CC/C=C\CCCCCC(C)(C)C(NC(=O)OC(C)(C)C)C(=O)N2CC3[C@@H]([C@H]2C(=O)N1)C3(C)C. The summed E-state index contributed by atoms with van der Waals surface area (Å²) in [6.07, 6.45) is 6.76. The molecule has 0 spiro atoms. The molecular weight excluding hydrogens is 620 g/mol. The summed E-state index contributed by atoms with van der Waals surface area (Å²) in [6, 6.07) is -2.82. The number of fused-ring (bicyclic) bond motifs is 3. The first-order valence-corrected chi connectivity index (χ1v) is 17.1. The van der Waals surface area contributed by atoms with Crippen LogP contribution >= 0.6 is 0 Å². The van der Waals surface area contributed by atoms with Gasteiger partial charge in [0.15, 0.2) is 6.10 Å². The van der Waals surface area contributed by atoms with Crippen LogP contribution in [-0.2, 0) is 38.2 Å². The standard InChI is InChI=1S/C35H56N4O9/c1-21(40)47-27(30(43)36-19-24(41)46-9)23-17-15-13-11-10-12-14-16-18-34(5,6)28(38-32(45)48-33(2,3)4)31(44)39-20-22-25(35(22,7)8)26(39)29(42)37-23/h11,13,22-23,25-28H,10,12,14-20H2,1-9H3,(H,36,43)(H,37,42)(H,38,45)/b13-11-/t22?,23?,25-,26-,27?,28?/m0/s1. The van der Waals surface area contributed by atoms with E-state index in [-0.39, 0.29) is 29.6 Å². The summed E-state index contributed by atoms with van der Waals surface area (Å²) in [5, 5.41) is 8.25. The number of ether oxygens (including phenoxy) is 3. The lowest BCUT2D eigenvalue weighted by atomic mass is 9.78. The number of rotatable bonds is 6. The average Bonchev–Trinajstić information content (AvgIpc) is 3.29. The van der Waals surface area contributed by atoms with Gasteiger partial charge in [-0.3, -0.25) is 24.0 Å². The van der Waals surface area contributed by atoms with Crippen LogP contribution in [0.1, 0.15) is 100 Å². The van der Waals surface area contributed by atoms with Gasteiger partial charge in [-0.05, 0) is 75.5 Å². The molecule has 0 aromatic carbocycles. The van der Waals surface area contributed by atoms with E-state index in [0.717, 1.165) is 32.6 Å². The minimum Gasteiger partial charge on any atom is -0.468 e. The fourth-order valence-corrected chi connectivity index (χ4v) is 7.07. The number of carbonyl (C=O) groups excluding carboxylic acids is 6. The van der Waals surface area contributed by atoms with Crippen LogP contribution in [0.3, 0.4) is 0 Å². The Morgan fingerprint density at radius 2 is 1.71 bits per heavy atom. The fraction of sp³-hybridized carbons (Fsp3) is 0.771. The van der Waals surface area contributed by atoms with Crippen LogP contribution in [0.25, 0.3) is 0 Å². The number of amides is 4. The van der Waals surface area contributed by atoms with Crippen molar-refractivity contribution >= 4 is 35.8 Å². The number of methoxy groups -OCH3 is 1. The van der Waals surface area contributed by atoms with Gasteiger partial charge in [0, 0.05) is 13.5 Å². The van der Waals surface area contributed by atoms with Crippen molar-refractivity contribution in [2.75, 3.05) is 20.2 Å². The zero-order valence-corrected chi connectivity index (χ0v) is 30.1. The first-order valence-electron chi connectivity index (χ1n) is 17.1. The Kier molecular flexibility index (Phi) is 12.7. The second-order valence-electron chi connectivity index (χ2n) is 15.5. The molecule has 2 fully saturated rings. The van der Waals surface area contributed by atoms with Gasteiger partial charge in [0.2, 0.25) is 11.8 Å². The summed E-state index contributed by atoms with van der Waals surface area (Å²) in [7, 11) is 1.18. The molecule has 2 heterocycles. The van der Waals surface area contributed by atoms with Crippen LogP contribution < -0.4 is 16.0 Å². The highest BCUT2D eigenvalue weighted by Gasteiger charge is 2.70. The summed E-state index contributed by atoms with van der Waals surface area (Å²) < 4.78 is 15.6. The van der Waals surface area contributed by atoms with Crippen molar-refractivity contribution in [3.63, 3.8) is 0 Å². The molecule has 13 nitrogen and oxygen atoms in total. The molecule has 3 N–H and O–H groups in total. The van der Waals surface area contributed by atoms with Gasteiger partial charge in [-0.1, -0.05) is 52.7 Å². The minimum absolute atomic E-state index is 0.0575. The molecular formula is C35H56N4O9. The Bertz CT molecular complexity index is 1250. The van der Waals surface area contributed by atoms with Crippen LogP contribution in [0, 0.1) is 22.7 Å². The molecule has 0 bridgehead atoms. The molecule has 1 saturated heterocycles. The van der Waals surface area contributed by atoms with Crippen molar-refractivity contribution in [3.8, 4) is 0 Å². The van der Waals surface area contributed by atoms with E-state index in [9.17, 15) is 28.8 Å². The number of carbonyl (C=O) groups is 6. The van der Waals surface area contributed by atoms with Gasteiger partial charge in [-0.25, -0.2) is 4.79 Å². The Balaban J connectivity index is 2.01. The van der Waals surface area contributed by atoms with Gasteiger partial charge in [0.1, 0.15) is 24.2 Å². The summed E-state index contributed by atoms with van der Waals surface area (Å²) >= 11 is 0. The van der Waals surface area contributed by atoms with Crippen LogP contribution in [0.5, 0.6) is 0 Å². The van der Waals surface area contributed by atoms with Crippen molar-refractivity contribution in [1.82, 2.24) is 20.9 Å². The molecule has 0 aromatic heterocycles. The Hall–Kier alpha value is -3.64. The van der Waals surface area contributed by atoms with E-state index in [1.807, 2.05) is 26.0 Å². The zero-order chi connectivity index (χ0) is 36.0.